The van der Waals surface area contributed by atoms with Crippen LogP contribution in [0.2, 0.25) is 0 Å². The summed E-state index contributed by atoms with van der Waals surface area (Å²) < 4.78 is 13.2. The normalized spacial score (nSPS) is 15.3. The van der Waals surface area contributed by atoms with E-state index in [-0.39, 0.29) is 19.3 Å². The van der Waals surface area contributed by atoms with Crippen LogP contribution in [0, 0.1) is 18.7 Å². The van der Waals surface area contributed by atoms with Crippen molar-refractivity contribution in [1.29, 1.82) is 0 Å². The molecule has 3 aromatic rings. The third-order valence-electron chi connectivity index (χ3n) is 6.30. The van der Waals surface area contributed by atoms with Crippen LogP contribution in [0.5, 0.6) is 0 Å². The van der Waals surface area contributed by atoms with Crippen molar-refractivity contribution in [3.05, 3.63) is 65.0 Å². The second-order valence-corrected chi connectivity index (χ2v) is 10.1. The predicted octanol–water partition coefficient (Wildman–Crippen LogP) is 4.58. The first-order valence-corrected chi connectivity index (χ1v) is 12.5. The number of nitrogens with one attached hydrogen (secondary N) is 2. The number of anilines is 4. The fourth-order valence-electron chi connectivity index (χ4n) is 4.44. The first-order valence-electron chi connectivity index (χ1n) is 12.5. The van der Waals surface area contributed by atoms with Gasteiger partial charge in [-0.05, 0) is 54.7 Å². The quantitative estimate of drug-likeness (QED) is 0.355. The maximum absolute atomic E-state index is 13.2. The molecule has 0 bridgehead atoms. The average molecular weight is 523 g/mol. The van der Waals surface area contributed by atoms with Crippen molar-refractivity contribution in [2.24, 2.45) is 11.7 Å². The van der Waals surface area contributed by atoms with E-state index in [0.29, 0.717) is 35.0 Å². The Bertz CT molecular complexity index is 1230. The highest BCUT2D eigenvalue weighted by Crippen LogP contribution is 2.23. The Balaban J connectivity index is 0.00000400. The molecule has 0 radical (unpaired) electrons. The molecule has 0 aliphatic carbocycles. The summed E-state index contributed by atoms with van der Waals surface area (Å²) in [4.78, 5) is 30.0. The van der Waals surface area contributed by atoms with Gasteiger partial charge in [-0.3, -0.25) is 9.69 Å². The fourth-order valence-corrected chi connectivity index (χ4v) is 4.44. The number of amides is 1. The number of primary amides is 1. The number of carbonyl (C=O) groups excluding carboxylic acids is 1. The Kier molecular flexibility index (Phi) is 9.57. The van der Waals surface area contributed by atoms with Crippen molar-refractivity contribution < 1.29 is 9.18 Å². The molecule has 4 rings (SSSR count). The molecule has 9 nitrogen and oxygen atoms in total. The molecule has 2 aromatic carbocycles. The van der Waals surface area contributed by atoms with Gasteiger partial charge in [-0.2, -0.15) is 15.0 Å². The van der Waals surface area contributed by atoms with E-state index >= 15 is 0 Å². The Morgan fingerprint density at radius 3 is 2.55 bits per heavy atom. The zero-order valence-electron chi connectivity index (χ0n) is 21.8. The number of benzene rings is 2. The van der Waals surface area contributed by atoms with Gasteiger partial charge in [0.1, 0.15) is 5.82 Å². The Labute approximate surface area is 224 Å². The maximum atomic E-state index is 13.2. The largest absolute Gasteiger partial charge is 0.366 e. The van der Waals surface area contributed by atoms with Crippen LogP contribution in [0.15, 0.2) is 42.5 Å². The van der Waals surface area contributed by atoms with Crippen LogP contribution in [0.3, 0.4) is 0 Å². The van der Waals surface area contributed by atoms with E-state index in [1.54, 1.807) is 12.1 Å². The second kappa shape index (κ2) is 12.6. The predicted molar refractivity (Wildman–Crippen MR) is 151 cm³/mol. The number of aromatic nitrogens is 3. The minimum absolute atomic E-state index is 0. The van der Waals surface area contributed by atoms with Crippen LogP contribution in [-0.2, 0) is 6.54 Å². The summed E-state index contributed by atoms with van der Waals surface area (Å²) in [5.41, 5.74) is 8.60. The first-order chi connectivity index (χ1) is 17.7. The van der Waals surface area contributed by atoms with E-state index < -0.39 is 5.91 Å². The average Bonchev–Trinajstić information content (AvgIpc) is 3.27. The summed E-state index contributed by atoms with van der Waals surface area (Å²) in [6, 6.07) is 12.0. The van der Waals surface area contributed by atoms with E-state index in [4.69, 9.17) is 10.7 Å². The lowest BCUT2D eigenvalue weighted by Crippen LogP contribution is -2.28. The van der Waals surface area contributed by atoms with Gasteiger partial charge in [0.15, 0.2) is 0 Å². The molecule has 1 aliphatic rings. The van der Waals surface area contributed by atoms with E-state index in [1.807, 2.05) is 37.1 Å². The van der Waals surface area contributed by atoms with Gasteiger partial charge < -0.3 is 21.3 Å². The number of carbonyl (C=O) groups is 1. The van der Waals surface area contributed by atoms with Gasteiger partial charge >= 0.3 is 0 Å². The standard InChI is InChI=1S/C27H35FN8O.CH4/c1-17(2)14-35(4)27-33-25(30-22-11-12-36(16-22)15-19-6-9-21(28)10-7-19)32-26(34-27)31-23-13-20(24(29)37)8-5-18(23)3;/h5-10,13,17,22H,11-12,14-16H2,1-4H3,(H2,29,37)(H2,30,31,32,33,34);1H4/t22-;/m0./s1. The van der Waals surface area contributed by atoms with Gasteiger partial charge in [0.05, 0.1) is 0 Å². The van der Waals surface area contributed by atoms with Crippen molar-refractivity contribution in [3.8, 4) is 0 Å². The van der Waals surface area contributed by atoms with Crippen molar-refractivity contribution in [2.75, 3.05) is 42.2 Å². The number of hydrogen-bond acceptors (Lipinski definition) is 8. The number of hydrogen-bond donors (Lipinski definition) is 3. The van der Waals surface area contributed by atoms with Crippen LogP contribution in [-0.4, -0.2) is 58.5 Å². The highest BCUT2D eigenvalue weighted by molar-refractivity contribution is 5.94. The summed E-state index contributed by atoms with van der Waals surface area (Å²) in [5.74, 6) is 1.13. The number of aryl methyl sites for hydroxylation is 1. The first kappa shape index (κ1) is 28.8. The summed E-state index contributed by atoms with van der Waals surface area (Å²) in [7, 11) is 1.96. The monoisotopic (exact) mass is 522 g/mol. The number of nitrogens with two attached hydrogens (primary N) is 1. The lowest BCUT2D eigenvalue weighted by atomic mass is 10.1. The Morgan fingerprint density at radius 2 is 1.87 bits per heavy atom. The van der Waals surface area contributed by atoms with Gasteiger partial charge in [0.2, 0.25) is 23.8 Å². The molecular formula is C28H39FN8O. The molecule has 4 N–H and O–H groups in total. The molecule has 204 valence electrons. The van der Waals surface area contributed by atoms with Crippen molar-refractivity contribution >= 4 is 29.4 Å². The van der Waals surface area contributed by atoms with Gasteiger partial charge in [-0.1, -0.05) is 39.5 Å². The zero-order chi connectivity index (χ0) is 26.5. The fraction of sp³-hybridized carbons (Fsp3) is 0.429. The smallest absolute Gasteiger partial charge is 0.248 e. The summed E-state index contributed by atoms with van der Waals surface area (Å²) in [5, 5.41) is 6.73. The summed E-state index contributed by atoms with van der Waals surface area (Å²) in [6.45, 7) is 9.51. The lowest BCUT2D eigenvalue weighted by molar-refractivity contribution is 0.100. The van der Waals surface area contributed by atoms with E-state index in [1.165, 1.54) is 12.1 Å². The van der Waals surface area contributed by atoms with Crippen LogP contribution < -0.4 is 21.3 Å². The van der Waals surface area contributed by atoms with E-state index in [2.05, 4.69) is 39.3 Å². The third-order valence-corrected chi connectivity index (χ3v) is 6.30. The minimum atomic E-state index is -0.496. The van der Waals surface area contributed by atoms with Gasteiger partial charge in [-0.25, -0.2) is 4.39 Å². The molecule has 1 fully saturated rings. The molecule has 38 heavy (non-hydrogen) atoms. The zero-order valence-corrected chi connectivity index (χ0v) is 21.8. The molecule has 0 saturated carbocycles. The summed E-state index contributed by atoms with van der Waals surface area (Å²) >= 11 is 0. The second-order valence-electron chi connectivity index (χ2n) is 10.1. The van der Waals surface area contributed by atoms with E-state index in [0.717, 1.165) is 43.7 Å². The van der Waals surface area contributed by atoms with Crippen molar-refractivity contribution in [3.63, 3.8) is 0 Å². The number of halogens is 1. The molecule has 1 amide bonds. The molecule has 0 unspecified atom stereocenters. The molecular weight excluding hydrogens is 483 g/mol. The number of nitrogens with zero attached hydrogens (tertiary/aromatic N) is 5. The highest BCUT2D eigenvalue weighted by Gasteiger charge is 2.24. The molecule has 1 aromatic heterocycles. The summed E-state index contributed by atoms with van der Waals surface area (Å²) in [6.07, 6.45) is 0.937. The van der Waals surface area contributed by atoms with Gasteiger partial charge in [-0.15, -0.1) is 0 Å². The van der Waals surface area contributed by atoms with Crippen LogP contribution >= 0.6 is 0 Å². The van der Waals surface area contributed by atoms with Crippen LogP contribution in [0.25, 0.3) is 0 Å². The topological polar surface area (TPSA) is 112 Å². The molecule has 10 heteroatoms. The lowest BCUT2D eigenvalue weighted by Gasteiger charge is -2.22. The van der Waals surface area contributed by atoms with Gasteiger partial charge in [0.25, 0.3) is 0 Å². The number of rotatable bonds is 10. The Hall–Kier alpha value is -3.79. The number of likely N-dealkylation sites (tertiary alicyclic amines) is 1. The maximum Gasteiger partial charge on any atom is 0.248 e. The molecule has 1 atom stereocenters. The molecule has 1 saturated heterocycles. The minimum Gasteiger partial charge on any atom is -0.366 e. The molecule has 0 spiro atoms. The van der Waals surface area contributed by atoms with Crippen LogP contribution in [0.4, 0.5) is 27.9 Å². The SMILES string of the molecule is C.Cc1ccc(C(N)=O)cc1Nc1nc(N[C@H]2CCN(Cc3ccc(F)cc3)C2)nc(N(C)CC(C)C)n1. The Morgan fingerprint density at radius 1 is 1.16 bits per heavy atom. The van der Waals surface area contributed by atoms with Crippen molar-refractivity contribution in [1.82, 2.24) is 19.9 Å². The molecule has 2 heterocycles. The van der Waals surface area contributed by atoms with E-state index in [9.17, 15) is 9.18 Å². The highest BCUT2D eigenvalue weighted by atomic mass is 19.1. The van der Waals surface area contributed by atoms with Crippen molar-refractivity contribution in [2.45, 2.75) is 47.2 Å². The van der Waals surface area contributed by atoms with Crippen LogP contribution in [0.1, 0.15) is 49.2 Å². The molecule has 1 aliphatic heterocycles. The van der Waals surface area contributed by atoms with Gasteiger partial charge in [0, 0.05) is 50.5 Å². The third kappa shape index (κ3) is 7.61.